The number of alkyl halides is 2. The second-order valence-electron chi connectivity index (χ2n) is 6.74. The van der Waals surface area contributed by atoms with E-state index < -0.39 is 6.61 Å². The van der Waals surface area contributed by atoms with Gasteiger partial charge in [-0.25, -0.2) is 4.99 Å². The lowest BCUT2D eigenvalue weighted by molar-refractivity contribution is -0.0504. The molecule has 0 spiro atoms. The molecule has 1 aliphatic heterocycles. The largest absolute Gasteiger partial charge is 0.434 e. The van der Waals surface area contributed by atoms with Crippen molar-refractivity contribution in [1.29, 1.82) is 0 Å². The molecule has 31 heavy (non-hydrogen) atoms. The van der Waals surface area contributed by atoms with E-state index in [1.54, 1.807) is 29.5 Å². The summed E-state index contributed by atoms with van der Waals surface area (Å²) in [6.07, 6.45) is 0. The molecule has 0 saturated carbocycles. The Balaban J connectivity index is 0.00000341. The van der Waals surface area contributed by atoms with Crippen molar-refractivity contribution < 1.29 is 18.3 Å². The molecule has 1 atom stereocenters. The van der Waals surface area contributed by atoms with E-state index in [2.05, 4.69) is 42.8 Å². The first kappa shape index (κ1) is 25.8. The van der Waals surface area contributed by atoms with Crippen LogP contribution in [0.5, 0.6) is 5.75 Å². The second kappa shape index (κ2) is 13.8. The summed E-state index contributed by atoms with van der Waals surface area (Å²) in [5.74, 6) is 0.788. The van der Waals surface area contributed by atoms with Gasteiger partial charge in [0.05, 0.1) is 25.8 Å². The van der Waals surface area contributed by atoms with E-state index in [1.807, 2.05) is 6.92 Å². The van der Waals surface area contributed by atoms with E-state index in [-0.39, 0.29) is 42.3 Å². The van der Waals surface area contributed by atoms with Crippen molar-refractivity contribution in [2.24, 2.45) is 4.99 Å². The van der Waals surface area contributed by atoms with Gasteiger partial charge in [0, 0.05) is 36.6 Å². The number of rotatable bonds is 9. The molecule has 6 nitrogen and oxygen atoms in total. The Hall–Kier alpha value is -1.50. The van der Waals surface area contributed by atoms with Crippen molar-refractivity contribution in [3.8, 4) is 5.75 Å². The maximum Gasteiger partial charge on any atom is 0.387 e. The first-order valence-corrected chi connectivity index (χ1v) is 11.0. The molecule has 10 heteroatoms. The molecule has 1 aromatic heterocycles. The zero-order valence-electron chi connectivity index (χ0n) is 17.4. The molecular formula is C21H29F2IN4O2S. The van der Waals surface area contributed by atoms with Crippen LogP contribution in [0.1, 0.15) is 23.4 Å². The fraction of sp³-hybridized carbons (Fsp3) is 0.476. The third kappa shape index (κ3) is 8.17. The maximum absolute atomic E-state index is 12.6. The molecule has 0 aliphatic carbocycles. The number of hydrogen-bond donors (Lipinski definition) is 2. The van der Waals surface area contributed by atoms with Crippen LogP contribution < -0.4 is 15.4 Å². The Morgan fingerprint density at radius 1 is 1.19 bits per heavy atom. The minimum Gasteiger partial charge on any atom is -0.434 e. The number of morpholine rings is 1. The van der Waals surface area contributed by atoms with Crippen molar-refractivity contribution in [3.63, 3.8) is 0 Å². The summed E-state index contributed by atoms with van der Waals surface area (Å²) in [5.41, 5.74) is 0.609. The van der Waals surface area contributed by atoms with Crippen molar-refractivity contribution in [2.45, 2.75) is 26.1 Å². The molecule has 0 bridgehead atoms. The third-order valence-electron chi connectivity index (χ3n) is 4.76. The molecule has 172 valence electrons. The van der Waals surface area contributed by atoms with Crippen molar-refractivity contribution >= 4 is 41.3 Å². The van der Waals surface area contributed by atoms with Gasteiger partial charge < -0.3 is 20.1 Å². The summed E-state index contributed by atoms with van der Waals surface area (Å²) in [4.78, 5) is 8.28. The Morgan fingerprint density at radius 3 is 2.65 bits per heavy atom. The highest BCUT2D eigenvalue weighted by molar-refractivity contribution is 14.0. The molecule has 0 amide bonds. The molecule has 2 N–H and O–H groups in total. The van der Waals surface area contributed by atoms with Crippen molar-refractivity contribution in [3.05, 3.63) is 52.2 Å². The quantitative estimate of drug-likeness (QED) is 0.272. The minimum atomic E-state index is -2.86. The lowest BCUT2D eigenvalue weighted by Gasteiger charge is -2.34. The van der Waals surface area contributed by atoms with E-state index in [9.17, 15) is 8.78 Å². The third-order valence-corrected chi connectivity index (χ3v) is 5.73. The number of para-hydroxylation sites is 1. The van der Waals surface area contributed by atoms with Gasteiger partial charge in [-0.2, -0.15) is 8.78 Å². The zero-order chi connectivity index (χ0) is 21.2. The Morgan fingerprint density at radius 2 is 1.97 bits per heavy atom. The van der Waals surface area contributed by atoms with Gasteiger partial charge in [0.1, 0.15) is 5.75 Å². The average molecular weight is 566 g/mol. The normalized spacial score (nSPS) is 15.9. The number of guanidine groups is 1. The van der Waals surface area contributed by atoms with Crippen LogP contribution in [0.25, 0.3) is 0 Å². The number of nitrogens with one attached hydrogen (secondary N) is 2. The van der Waals surface area contributed by atoms with E-state index in [4.69, 9.17) is 4.74 Å². The van der Waals surface area contributed by atoms with Crippen LogP contribution in [0.4, 0.5) is 8.78 Å². The lowest BCUT2D eigenvalue weighted by atomic mass is 10.2. The van der Waals surface area contributed by atoms with Gasteiger partial charge in [-0.05, 0) is 24.4 Å². The molecule has 1 fully saturated rings. The van der Waals surface area contributed by atoms with Gasteiger partial charge in [0.2, 0.25) is 0 Å². The highest BCUT2D eigenvalue weighted by Gasteiger charge is 2.23. The van der Waals surface area contributed by atoms with Gasteiger partial charge in [-0.15, -0.1) is 35.3 Å². The predicted octanol–water partition coefficient (Wildman–Crippen LogP) is 4.10. The number of ether oxygens (including phenoxy) is 2. The molecule has 2 heterocycles. The standard InChI is InChI=1S/C21H28F2N4O2S.HI/c1-2-24-21(25-14-16-6-3-4-7-18(16)29-20(22)23)26-15-17(19-8-5-13-30-19)27-9-11-28-12-10-27;/h3-8,13,17,20H,2,9-12,14-15H2,1H3,(H2,24,25,26);1H. The van der Waals surface area contributed by atoms with Crippen LogP contribution >= 0.6 is 35.3 Å². The van der Waals surface area contributed by atoms with Crippen LogP contribution in [0.15, 0.2) is 46.8 Å². The highest BCUT2D eigenvalue weighted by Crippen LogP contribution is 2.25. The van der Waals surface area contributed by atoms with E-state index in [1.165, 1.54) is 10.9 Å². The molecule has 0 radical (unpaired) electrons. The Kier molecular flexibility index (Phi) is 11.5. The Bertz CT molecular complexity index is 789. The second-order valence-corrected chi connectivity index (χ2v) is 7.72. The van der Waals surface area contributed by atoms with Crippen LogP contribution in [-0.2, 0) is 11.3 Å². The number of halogens is 3. The minimum absolute atomic E-state index is 0. The fourth-order valence-corrected chi connectivity index (χ4v) is 4.19. The SMILES string of the molecule is CCNC(=NCc1ccccc1OC(F)F)NCC(c1cccs1)N1CCOCC1.I. The summed E-state index contributed by atoms with van der Waals surface area (Å²) < 4.78 is 35.4. The number of benzene rings is 1. The molecule has 1 saturated heterocycles. The van der Waals surface area contributed by atoms with Gasteiger partial charge >= 0.3 is 6.61 Å². The summed E-state index contributed by atoms with van der Waals surface area (Å²) in [6, 6.07) is 11.2. The molecule has 1 aliphatic rings. The van der Waals surface area contributed by atoms with E-state index in [0.29, 0.717) is 24.6 Å². The molecule has 1 unspecified atom stereocenters. The van der Waals surface area contributed by atoms with Gasteiger partial charge in [0.25, 0.3) is 0 Å². The number of thiophene rings is 1. The summed E-state index contributed by atoms with van der Waals surface area (Å²) >= 11 is 1.74. The summed E-state index contributed by atoms with van der Waals surface area (Å²) in [5, 5.41) is 8.72. The van der Waals surface area contributed by atoms with E-state index >= 15 is 0 Å². The number of hydrogen-bond acceptors (Lipinski definition) is 5. The number of nitrogens with zero attached hydrogens (tertiary/aromatic N) is 2. The fourth-order valence-electron chi connectivity index (χ4n) is 3.32. The first-order valence-electron chi connectivity index (χ1n) is 10.1. The Labute approximate surface area is 203 Å². The summed E-state index contributed by atoms with van der Waals surface area (Å²) in [6.45, 7) is 3.98. The highest BCUT2D eigenvalue weighted by atomic mass is 127. The van der Waals surface area contributed by atoms with Crippen molar-refractivity contribution in [1.82, 2.24) is 15.5 Å². The number of aliphatic imine (C=N–C) groups is 1. The molecule has 3 rings (SSSR count). The van der Waals surface area contributed by atoms with Gasteiger partial charge in [-0.3, -0.25) is 4.90 Å². The molecule has 2 aromatic rings. The van der Waals surface area contributed by atoms with Crippen LogP contribution in [0.2, 0.25) is 0 Å². The van der Waals surface area contributed by atoms with Crippen LogP contribution in [-0.4, -0.2) is 56.9 Å². The average Bonchev–Trinajstić information content (AvgIpc) is 3.28. The predicted molar refractivity (Wildman–Crippen MR) is 131 cm³/mol. The van der Waals surface area contributed by atoms with Crippen LogP contribution in [0, 0.1) is 0 Å². The van der Waals surface area contributed by atoms with Gasteiger partial charge in [-0.1, -0.05) is 24.3 Å². The monoisotopic (exact) mass is 566 g/mol. The van der Waals surface area contributed by atoms with E-state index in [0.717, 1.165) is 26.3 Å². The smallest absolute Gasteiger partial charge is 0.387 e. The first-order chi connectivity index (χ1) is 14.7. The topological polar surface area (TPSA) is 58.1 Å². The molecular weight excluding hydrogens is 537 g/mol. The summed E-state index contributed by atoms with van der Waals surface area (Å²) in [7, 11) is 0. The van der Waals surface area contributed by atoms with Gasteiger partial charge in [0.15, 0.2) is 5.96 Å². The zero-order valence-corrected chi connectivity index (χ0v) is 20.6. The van der Waals surface area contributed by atoms with Crippen LogP contribution in [0.3, 0.4) is 0 Å². The molecule has 1 aromatic carbocycles. The van der Waals surface area contributed by atoms with Crippen molar-refractivity contribution in [2.75, 3.05) is 39.4 Å². The maximum atomic E-state index is 12.6. The lowest BCUT2D eigenvalue weighted by Crippen LogP contribution is -2.46.